The monoisotopic (exact) mass is 488 g/mol. The fourth-order valence-electron chi connectivity index (χ4n) is 4.38. The molecular weight excluding hydrogens is 460 g/mol. The zero-order valence-corrected chi connectivity index (χ0v) is 20.6. The molecule has 1 aromatic heterocycles. The van der Waals surface area contributed by atoms with Crippen molar-refractivity contribution in [3.63, 3.8) is 0 Å². The van der Waals surface area contributed by atoms with Crippen LogP contribution in [-0.2, 0) is 16.1 Å². The van der Waals surface area contributed by atoms with Gasteiger partial charge in [-0.25, -0.2) is 0 Å². The molecule has 1 aliphatic heterocycles. The molecule has 4 rings (SSSR count). The second kappa shape index (κ2) is 10.5. The van der Waals surface area contributed by atoms with Crippen molar-refractivity contribution in [1.29, 1.82) is 0 Å². The quantitative estimate of drug-likeness (QED) is 0.285. The zero-order valence-electron chi connectivity index (χ0n) is 20.6. The van der Waals surface area contributed by atoms with Crippen molar-refractivity contribution in [1.82, 2.24) is 9.88 Å². The van der Waals surface area contributed by atoms with Crippen LogP contribution in [0.2, 0.25) is 0 Å². The standard InChI is InChI=1S/C28H28N2O6/c1-5-36-22-11-8-19(14-23(22)35-4)25-24(26(31)21-10-9-20(34-3)13-17(21)2)27(32)28(33)30(25)16-18-7-6-12-29-15-18/h6-15,25,31H,5,16H2,1-4H3/t25-/m1/s1. The number of hydrogen-bond acceptors (Lipinski definition) is 7. The van der Waals surface area contributed by atoms with Gasteiger partial charge in [-0.15, -0.1) is 0 Å². The molecule has 1 fully saturated rings. The number of rotatable bonds is 8. The van der Waals surface area contributed by atoms with Gasteiger partial charge in [-0.1, -0.05) is 12.1 Å². The van der Waals surface area contributed by atoms with Crippen molar-refractivity contribution in [3.8, 4) is 17.2 Å². The fourth-order valence-corrected chi connectivity index (χ4v) is 4.38. The third kappa shape index (κ3) is 4.62. The number of pyridine rings is 1. The Labute approximate surface area is 209 Å². The van der Waals surface area contributed by atoms with Gasteiger partial charge in [-0.3, -0.25) is 14.6 Å². The predicted molar refractivity (Wildman–Crippen MR) is 134 cm³/mol. The van der Waals surface area contributed by atoms with Crippen molar-refractivity contribution in [2.75, 3.05) is 20.8 Å². The molecule has 0 spiro atoms. The van der Waals surface area contributed by atoms with Crippen molar-refractivity contribution >= 4 is 17.4 Å². The molecule has 2 aromatic carbocycles. The fraction of sp³-hybridized carbons (Fsp3) is 0.250. The Balaban J connectivity index is 1.90. The van der Waals surface area contributed by atoms with E-state index in [4.69, 9.17) is 14.2 Å². The number of nitrogens with zero attached hydrogens (tertiary/aromatic N) is 2. The molecular formula is C28H28N2O6. The summed E-state index contributed by atoms with van der Waals surface area (Å²) in [5.41, 5.74) is 2.50. The van der Waals surface area contributed by atoms with Crippen LogP contribution >= 0.6 is 0 Å². The van der Waals surface area contributed by atoms with Crippen LogP contribution in [0.15, 0.2) is 66.5 Å². The first-order chi connectivity index (χ1) is 17.4. The number of aliphatic hydroxyl groups is 1. The Morgan fingerprint density at radius 2 is 1.86 bits per heavy atom. The minimum atomic E-state index is -0.851. The minimum absolute atomic E-state index is 0.00312. The number of aromatic nitrogens is 1. The number of carbonyl (C=O) groups is 2. The first kappa shape index (κ1) is 24.8. The van der Waals surface area contributed by atoms with Crippen LogP contribution in [0.3, 0.4) is 0 Å². The summed E-state index contributed by atoms with van der Waals surface area (Å²) < 4.78 is 16.4. The van der Waals surface area contributed by atoms with E-state index in [1.165, 1.54) is 12.0 Å². The maximum atomic E-state index is 13.4. The van der Waals surface area contributed by atoms with Gasteiger partial charge in [0.15, 0.2) is 11.5 Å². The Kier molecular flexibility index (Phi) is 7.24. The summed E-state index contributed by atoms with van der Waals surface area (Å²) in [6.07, 6.45) is 3.28. The molecule has 0 saturated carbocycles. The lowest BCUT2D eigenvalue weighted by atomic mass is 9.93. The third-order valence-corrected chi connectivity index (χ3v) is 6.11. The van der Waals surface area contributed by atoms with Crippen molar-refractivity contribution in [2.45, 2.75) is 26.4 Å². The third-order valence-electron chi connectivity index (χ3n) is 6.11. The summed E-state index contributed by atoms with van der Waals surface area (Å²) in [6, 6.07) is 13.1. The largest absolute Gasteiger partial charge is 0.507 e. The molecule has 0 radical (unpaired) electrons. The number of aliphatic hydroxyl groups excluding tert-OH is 1. The second-order valence-electron chi connectivity index (χ2n) is 8.31. The highest BCUT2D eigenvalue weighted by molar-refractivity contribution is 6.46. The highest BCUT2D eigenvalue weighted by Gasteiger charge is 2.46. The lowest BCUT2D eigenvalue weighted by Crippen LogP contribution is -2.29. The number of aryl methyl sites for hydroxylation is 1. The SMILES string of the molecule is CCOc1ccc([C@@H]2C(=C(O)c3ccc(OC)cc3C)C(=O)C(=O)N2Cc2cccnc2)cc1OC. The number of amides is 1. The van der Waals surface area contributed by atoms with Crippen LogP contribution in [0.1, 0.15) is 35.2 Å². The molecule has 2 heterocycles. The molecule has 1 aliphatic rings. The van der Waals surface area contributed by atoms with Gasteiger partial charge in [0, 0.05) is 24.5 Å². The van der Waals surface area contributed by atoms with Crippen LogP contribution in [0, 0.1) is 6.92 Å². The maximum Gasteiger partial charge on any atom is 0.295 e. The van der Waals surface area contributed by atoms with Gasteiger partial charge in [0.25, 0.3) is 11.7 Å². The molecule has 1 atom stereocenters. The van der Waals surface area contributed by atoms with Crippen LogP contribution in [0.5, 0.6) is 17.2 Å². The summed E-state index contributed by atoms with van der Waals surface area (Å²) >= 11 is 0. The van der Waals surface area contributed by atoms with Crippen LogP contribution in [-0.4, -0.2) is 47.5 Å². The smallest absolute Gasteiger partial charge is 0.295 e. The molecule has 1 N–H and O–H groups in total. The normalized spacial score (nSPS) is 16.8. The van der Waals surface area contributed by atoms with Gasteiger partial charge in [-0.05, 0) is 66.9 Å². The number of Topliss-reactive ketones (excluding diaryl/α,β-unsaturated/α-hetero) is 1. The number of methoxy groups -OCH3 is 2. The van der Waals surface area contributed by atoms with Gasteiger partial charge in [-0.2, -0.15) is 0 Å². The lowest BCUT2D eigenvalue weighted by Gasteiger charge is -2.26. The highest BCUT2D eigenvalue weighted by atomic mass is 16.5. The number of carbonyl (C=O) groups excluding carboxylic acids is 2. The lowest BCUT2D eigenvalue weighted by molar-refractivity contribution is -0.140. The average Bonchev–Trinajstić information content (AvgIpc) is 3.14. The summed E-state index contributed by atoms with van der Waals surface area (Å²) in [5, 5.41) is 11.4. The summed E-state index contributed by atoms with van der Waals surface area (Å²) in [7, 11) is 3.08. The molecule has 186 valence electrons. The summed E-state index contributed by atoms with van der Waals surface area (Å²) in [5.74, 6) is -0.0938. The number of benzene rings is 2. The number of ketones is 1. The first-order valence-electron chi connectivity index (χ1n) is 11.5. The minimum Gasteiger partial charge on any atom is -0.507 e. The second-order valence-corrected chi connectivity index (χ2v) is 8.31. The van der Waals surface area contributed by atoms with E-state index in [1.54, 1.807) is 68.9 Å². The van der Waals surface area contributed by atoms with Crippen molar-refractivity contribution < 1.29 is 28.9 Å². The average molecular weight is 489 g/mol. The van der Waals surface area contributed by atoms with E-state index in [0.717, 1.165) is 5.56 Å². The molecule has 0 unspecified atom stereocenters. The molecule has 8 nitrogen and oxygen atoms in total. The Morgan fingerprint density at radius 1 is 1.06 bits per heavy atom. The molecule has 1 saturated heterocycles. The first-order valence-corrected chi connectivity index (χ1v) is 11.5. The molecule has 36 heavy (non-hydrogen) atoms. The van der Waals surface area contributed by atoms with Crippen LogP contribution < -0.4 is 14.2 Å². The van der Waals surface area contributed by atoms with Crippen LogP contribution in [0.25, 0.3) is 5.76 Å². The van der Waals surface area contributed by atoms with E-state index in [0.29, 0.717) is 40.5 Å². The maximum absolute atomic E-state index is 13.4. The Bertz CT molecular complexity index is 1320. The van der Waals surface area contributed by atoms with Gasteiger partial charge in [0.2, 0.25) is 0 Å². The Morgan fingerprint density at radius 3 is 2.50 bits per heavy atom. The topological polar surface area (TPSA) is 98.2 Å². The van der Waals surface area contributed by atoms with E-state index in [9.17, 15) is 14.7 Å². The zero-order chi connectivity index (χ0) is 25.8. The summed E-state index contributed by atoms with van der Waals surface area (Å²) in [4.78, 5) is 32.2. The van der Waals surface area contributed by atoms with Gasteiger partial charge < -0.3 is 24.2 Å². The molecule has 8 heteroatoms. The molecule has 1 amide bonds. The van der Waals surface area contributed by atoms with E-state index in [2.05, 4.69) is 4.98 Å². The van der Waals surface area contributed by atoms with Crippen LogP contribution in [0.4, 0.5) is 0 Å². The van der Waals surface area contributed by atoms with Gasteiger partial charge in [0.1, 0.15) is 11.5 Å². The molecule has 0 bridgehead atoms. The number of likely N-dealkylation sites (tertiary alicyclic amines) is 1. The highest BCUT2D eigenvalue weighted by Crippen LogP contribution is 2.43. The van der Waals surface area contributed by atoms with Gasteiger partial charge >= 0.3 is 0 Å². The molecule has 3 aromatic rings. The van der Waals surface area contributed by atoms with E-state index in [1.807, 2.05) is 13.0 Å². The van der Waals surface area contributed by atoms with Gasteiger partial charge in [0.05, 0.1) is 32.4 Å². The van der Waals surface area contributed by atoms with E-state index >= 15 is 0 Å². The van der Waals surface area contributed by atoms with Crippen molar-refractivity contribution in [2.24, 2.45) is 0 Å². The molecule has 0 aliphatic carbocycles. The van der Waals surface area contributed by atoms with E-state index in [-0.39, 0.29) is 17.9 Å². The van der Waals surface area contributed by atoms with Crippen molar-refractivity contribution in [3.05, 3.63) is 88.8 Å². The Hall–Kier alpha value is -4.33. The number of ether oxygens (including phenoxy) is 3. The number of hydrogen-bond donors (Lipinski definition) is 1. The van der Waals surface area contributed by atoms with E-state index < -0.39 is 17.7 Å². The summed E-state index contributed by atoms with van der Waals surface area (Å²) in [6.45, 7) is 4.26. The predicted octanol–water partition coefficient (Wildman–Crippen LogP) is 4.43.